The van der Waals surface area contributed by atoms with Gasteiger partial charge in [-0.25, -0.2) is 0 Å². The zero-order valence-corrected chi connectivity index (χ0v) is 9.41. The standard InChI is InChI=1S/2C4H11N.CH5N.4CH4.H2/c2*1-3-4-5-2;1-2;;;;;/h2*5H,3-4H2,1-2H3;2H2,1H3;4*1H4;1H. The van der Waals surface area contributed by atoms with Crippen LogP contribution in [0.1, 0.15) is 57.8 Å². The highest BCUT2D eigenvalue weighted by molar-refractivity contribution is 4.28. The fourth-order valence-corrected chi connectivity index (χ4v) is 0.500. The van der Waals surface area contributed by atoms with Crippen molar-refractivity contribution in [3.05, 3.63) is 0 Å². The van der Waals surface area contributed by atoms with Gasteiger partial charge in [0.2, 0.25) is 0 Å². The molecule has 0 aromatic heterocycles. The third kappa shape index (κ3) is 153. The molecule has 0 fully saturated rings. The first kappa shape index (κ1) is 44.6. The van der Waals surface area contributed by atoms with Crippen molar-refractivity contribution in [1.82, 2.24) is 10.6 Å². The lowest BCUT2D eigenvalue weighted by Crippen LogP contribution is -2.04. The van der Waals surface area contributed by atoms with Crippen molar-refractivity contribution in [2.75, 3.05) is 34.2 Å². The molecule has 0 radical (unpaired) electrons. The van der Waals surface area contributed by atoms with Crippen molar-refractivity contribution in [2.24, 2.45) is 5.73 Å². The average molecular weight is 244 g/mol. The van der Waals surface area contributed by atoms with Crippen LogP contribution in [-0.4, -0.2) is 34.2 Å². The molecule has 0 amide bonds. The highest BCUT2D eigenvalue weighted by atomic mass is 14.8. The Morgan fingerprint density at radius 2 is 0.938 bits per heavy atom. The van der Waals surface area contributed by atoms with Crippen molar-refractivity contribution >= 4 is 0 Å². The number of nitrogens with one attached hydrogen (secondary N) is 2. The van der Waals surface area contributed by atoms with Gasteiger partial charge < -0.3 is 16.4 Å². The van der Waals surface area contributed by atoms with E-state index in [1.54, 1.807) is 0 Å². The number of nitrogens with two attached hydrogens (primary N) is 1. The summed E-state index contributed by atoms with van der Waals surface area (Å²) < 4.78 is 0. The van der Waals surface area contributed by atoms with Gasteiger partial charge in [-0.3, -0.25) is 0 Å². The van der Waals surface area contributed by atoms with Gasteiger partial charge in [0.1, 0.15) is 0 Å². The lowest BCUT2D eigenvalue weighted by atomic mass is 10.5. The normalized spacial score (nSPS) is 5.62. The summed E-state index contributed by atoms with van der Waals surface area (Å²) in [6, 6.07) is 0. The second kappa shape index (κ2) is 82.9. The van der Waals surface area contributed by atoms with Crippen molar-refractivity contribution in [2.45, 2.75) is 56.4 Å². The fraction of sp³-hybridized carbons (Fsp3) is 1.00. The van der Waals surface area contributed by atoms with Gasteiger partial charge in [-0.05, 0) is 47.1 Å². The molecule has 0 aliphatic carbocycles. The molecule has 16 heavy (non-hydrogen) atoms. The minimum atomic E-state index is 0. The van der Waals surface area contributed by atoms with Gasteiger partial charge in [-0.2, -0.15) is 0 Å². The summed E-state index contributed by atoms with van der Waals surface area (Å²) in [4.78, 5) is 0. The van der Waals surface area contributed by atoms with Crippen molar-refractivity contribution in [3.8, 4) is 0 Å². The zero-order chi connectivity index (χ0) is 10.2. The first-order chi connectivity index (χ1) is 5.83. The molecule has 0 aromatic carbocycles. The summed E-state index contributed by atoms with van der Waals surface area (Å²) >= 11 is 0. The third-order valence-electron chi connectivity index (χ3n) is 1.000. The molecule has 0 heterocycles. The SMILES string of the molecule is C.C.C.C.CCCNC.CCCNC.CN.[HH]. The molecule has 0 unspecified atom stereocenters. The Labute approximate surface area is 109 Å². The number of rotatable bonds is 4. The first-order valence-electron chi connectivity index (χ1n) is 4.70. The third-order valence-corrected chi connectivity index (χ3v) is 1.000. The molecule has 0 atom stereocenters. The summed E-state index contributed by atoms with van der Waals surface area (Å²) in [6.45, 7) is 6.58. The lowest BCUT2D eigenvalue weighted by molar-refractivity contribution is 0.772. The molecular formula is C13H45N3. The second-order valence-corrected chi connectivity index (χ2v) is 2.21. The summed E-state index contributed by atoms with van der Waals surface area (Å²) in [5, 5.41) is 6.03. The van der Waals surface area contributed by atoms with Gasteiger partial charge in [0.15, 0.2) is 0 Å². The van der Waals surface area contributed by atoms with Crippen LogP contribution in [-0.2, 0) is 0 Å². The maximum atomic E-state index is 4.50. The summed E-state index contributed by atoms with van der Waals surface area (Å²) in [6.07, 6.45) is 2.47. The zero-order valence-electron chi connectivity index (χ0n) is 9.41. The van der Waals surface area contributed by atoms with E-state index in [0.29, 0.717) is 0 Å². The van der Waals surface area contributed by atoms with Gasteiger partial charge in [-0.1, -0.05) is 43.6 Å². The molecule has 0 spiro atoms. The second-order valence-electron chi connectivity index (χ2n) is 2.21. The molecule has 0 saturated heterocycles. The van der Waals surface area contributed by atoms with Crippen molar-refractivity contribution < 1.29 is 1.43 Å². The molecular weight excluding hydrogens is 198 g/mol. The molecule has 0 aliphatic rings. The Bertz CT molecular complexity index is 37.6. The van der Waals surface area contributed by atoms with E-state index in [0.717, 1.165) is 13.1 Å². The smallest absolute Gasteiger partial charge is 0 e. The Morgan fingerprint density at radius 3 is 0.938 bits per heavy atom. The summed E-state index contributed by atoms with van der Waals surface area (Å²) in [7, 11) is 5.42. The minimum Gasteiger partial charge on any atom is -0.333 e. The van der Waals surface area contributed by atoms with Crippen LogP contribution in [0.25, 0.3) is 0 Å². The Morgan fingerprint density at radius 1 is 0.750 bits per heavy atom. The lowest BCUT2D eigenvalue weighted by Gasteiger charge is -1.84. The maximum Gasteiger partial charge on any atom is 0 e. The van der Waals surface area contributed by atoms with E-state index in [1.807, 2.05) is 14.1 Å². The van der Waals surface area contributed by atoms with E-state index < -0.39 is 0 Å². The molecule has 4 N–H and O–H groups in total. The molecule has 0 saturated carbocycles. The van der Waals surface area contributed by atoms with Gasteiger partial charge >= 0.3 is 0 Å². The molecule has 0 bridgehead atoms. The van der Waals surface area contributed by atoms with Gasteiger partial charge in [-0.15, -0.1) is 0 Å². The predicted molar refractivity (Wildman–Crippen MR) is 87.6 cm³/mol. The van der Waals surface area contributed by atoms with Crippen LogP contribution in [0.5, 0.6) is 0 Å². The largest absolute Gasteiger partial charge is 0.333 e. The predicted octanol–water partition coefficient (Wildman–Crippen LogP) is 3.60. The molecule has 112 valence electrons. The van der Waals surface area contributed by atoms with E-state index in [1.165, 1.54) is 19.9 Å². The highest BCUT2D eigenvalue weighted by Gasteiger charge is 1.65. The summed E-state index contributed by atoms with van der Waals surface area (Å²) in [5.74, 6) is 0. The Balaban J connectivity index is -0.0000000110. The van der Waals surface area contributed by atoms with Crippen LogP contribution in [0.4, 0.5) is 0 Å². The number of hydrogen-bond donors (Lipinski definition) is 3. The molecule has 0 aromatic rings. The molecule has 3 heteroatoms. The van der Waals surface area contributed by atoms with Crippen LogP contribution >= 0.6 is 0 Å². The molecule has 0 rings (SSSR count). The molecule has 3 nitrogen and oxygen atoms in total. The van der Waals surface area contributed by atoms with Gasteiger partial charge in [0.25, 0.3) is 0 Å². The quantitative estimate of drug-likeness (QED) is 0.707. The number of hydrogen-bond acceptors (Lipinski definition) is 3. The topological polar surface area (TPSA) is 50.1 Å². The monoisotopic (exact) mass is 243 g/mol. The van der Waals surface area contributed by atoms with Crippen LogP contribution in [0.2, 0.25) is 0 Å². The Kier molecular flexibility index (Phi) is 231. The van der Waals surface area contributed by atoms with E-state index >= 15 is 0 Å². The maximum absolute atomic E-state index is 4.50. The van der Waals surface area contributed by atoms with Crippen LogP contribution in [0, 0.1) is 0 Å². The van der Waals surface area contributed by atoms with Crippen LogP contribution in [0.15, 0.2) is 0 Å². The average Bonchev–Trinajstić information content (AvgIpc) is 2.12. The first-order valence-corrected chi connectivity index (χ1v) is 4.70. The Hall–Kier alpha value is -0.120. The van der Waals surface area contributed by atoms with Crippen LogP contribution < -0.4 is 16.4 Å². The summed E-state index contributed by atoms with van der Waals surface area (Å²) in [5.41, 5.74) is 4.50. The van der Waals surface area contributed by atoms with Crippen LogP contribution in [0.3, 0.4) is 0 Å². The van der Waals surface area contributed by atoms with E-state index in [2.05, 4.69) is 30.2 Å². The minimum absolute atomic E-state index is 0. The molecule has 0 aliphatic heterocycles. The van der Waals surface area contributed by atoms with E-state index in [-0.39, 0.29) is 31.1 Å². The van der Waals surface area contributed by atoms with E-state index in [9.17, 15) is 0 Å². The van der Waals surface area contributed by atoms with Gasteiger partial charge in [0.05, 0.1) is 0 Å². The van der Waals surface area contributed by atoms with Crippen molar-refractivity contribution in [3.63, 3.8) is 0 Å². The van der Waals surface area contributed by atoms with Gasteiger partial charge in [0, 0.05) is 1.43 Å². The fourth-order valence-electron chi connectivity index (χ4n) is 0.500. The van der Waals surface area contributed by atoms with Crippen molar-refractivity contribution in [1.29, 1.82) is 0 Å². The van der Waals surface area contributed by atoms with E-state index in [4.69, 9.17) is 0 Å². The highest BCUT2D eigenvalue weighted by Crippen LogP contribution is 1.62.